The average molecular weight is 262 g/mol. The van der Waals surface area contributed by atoms with Gasteiger partial charge in [-0.2, -0.15) is 0 Å². The van der Waals surface area contributed by atoms with Gasteiger partial charge in [-0.1, -0.05) is 0 Å². The van der Waals surface area contributed by atoms with Gasteiger partial charge in [0.1, 0.15) is 0 Å². The Morgan fingerprint density at radius 2 is 1.95 bits per heavy atom. The quantitative estimate of drug-likeness (QED) is 0.762. The number of carbonyl (C=O) groups excluding carboxylic acids is 2. The summed E-state index contributed by atoms with van der Waals surface area (Å²) in [6.45, 7) is 0.969. The van der Waals surface area contributed by atoms with Crippen molar-refractivity contribution in [2.45, 2.75) is 12.8 Å². The summed E-state index contributed by atoms with van der Waals surface area (Å²) >= 11 is 0. The van der Waals surface area contributed by atoms with E-state index in [1.807, 2.05) is 0 Å². The average Bonchev–Trinajstić information content (AvgIpc) is 3.24. The van der Waals surface area contributed by atoms with Gasteiger partial charge in [0.25, 0.3) is 5.91 Å². The minimum Gasteiger partial charge on any atom is -0.383 e. The summed E-state index contributed by atoms with van der Waals surface area (Å²) < 4.78 is 4.86. The molecule has 1 aliphatic carbocycles. The number of methoxy groups -OCH3 is 1. The lowest BCUT2D eigenvalue weighted by molar-refractivity contribution is -0.117. The highest BCUT2D eigenvalue weighted by atomic mass is 16.5. The highest BCUT2D eigenvalue weighted by molar-refractivity contribution is 5.96. The standard InChI is InChI=1S/C14H18N2O3/c1-19-9-8-15-13(17)10-4-6-12(7-5-10)16-14(18)11-2-3-11/h4-7,11H,2-3,8-9H2,1H3,(H,15,17)(H,16,18). The molecule has 2 N–H and O–H groups in total. The van der Waals surface area contributed by atoms with E-state index in [0.717, 1.165) is 18.5 Å². The number of nitrogens with one attached hydrogen (secondary N) is 2. The van der Waals surface area contributed by atoms with E-state index >= 15 is 0 Å². The van der Waals surface area contributed by atoms with Gasteiger partial charge in [-0.25, -0.2) is 0 Å². The Hall–Kier alpha value is -1.88. The fourth-order valence-electron chi connectivity index (χ4n) is 1.66. The van der Waals surface area contributed by atoms with Gasteiger partial charge in [-0.05, 0) is 37.1 Å². The second kappa shape index (κ2) is 6.33. The Morgan fingerprint density at radius 1 is 1.26 bits per heavy atom. The van der Waals surface area contributed by atoms with Crippen LogP contribution in [-0.2, 0) is 9.53 Å². The minimum atomic E-state index is -0.142. The maximum atomic E-state index is 11.7. The van der Waals surface area contributed by atoms with Crippen molar-refractivity contribution in [3.63, 3.8) is 0 Å². The van der Waals surface area contributed by atoms with Crippen LogP contribution in [0.15, 0.2) is 24.3 Å². The third-order valence-corrected chi connectivity index (χ3v) is 2.95. The topological polar surface area (TPSA) is 67.4 Å². The second-order valence-corrected chi connectivity index (χ2v) is 4.59. The molecule has 1 saturated carbocycles. The van der Waals surface area contributed by atoms with Crippen molar-refractivity contribution in [2.75, 3.05) is 25.6 Å². The Kier molecular flexibility index (Phi) is 4.52. The van der Waals surface area contributed by atoms with Crippen molar-refractivity contribution < 1.29 is 14.3 Å². The van der Waals surface area contributed by atoms with Gasteiger partial charge in [0.2, 0.25) is 5.91 Å². The fourth-order valence-corrected chi connectivity index (χ4v) is 1.66. The predicted molar refractivity (Wildman–Crippen MR) is 72.0 cm³/mol. The summed E-state index contributed by atoms with van der Waals surface area (Å²) in [4.78, 5) is 23.3. The van der Waals surface area contributed by atoms with Gasteiger partial charge in [-0.15, -0.1) is 0 Å². The molecule has 2 rings (SSSR count). The smallest absolute Gasteiger partial charge is 0.251 e. The number of hydrogen-bond donors (Lipinski definition) is 2. The summed E-state index contributed by atoms with van der Waals surface area (Å²) in [6, 6.07) is 6.88. The van der Waals surface area contributed by atoms with Crippen LogP contribution in [-0.4, -0.2) is 32.1 Å². The zero-order valence-corrected chi connectivity index (χ0v) is 10.9. The lowest BCUT2D eigenvalue weighted by Crippen LogP contribution is -2.26. The molecule has 1 aromatic carbocycles. The molecular formula is C14H18N2O3. The molecule has 1 aliphatic rings. The van der Waals surface area contributed by atoms with Crippen LogP contribution in [0.2, 0.25) is 0 Å². The number of amides is 2. The van der Waals surface area contributed by atoms with Crippen LogP contribution in [0.4, 0.5) is 5.69 Å². The van der Waals surface area contributed by atoms with Gasteiger partial charge in [0, 0.05) is 30.8 Å². The molecule has 0 atom stereocenters. The second-order valence-electron chi connectivity index (χ2n) is 4.59. The van der Waals surface area contributed by atoms with E-state index in [9.17, 15) is 9.59 Å². The third kappa shape index (κ3) is 4.06. The Labute approximate surface area is 112 Å². The monoisotopic (exact) mass is 262 g/mol. The summed E-state index contributed by atoms with van der Waals surface area (Å²) in [5.74, 6) is 0.103. The maximum absolute atomic E-state index is 11.7. The normalized spacial score (nSPS) is 13.9. The van der Waals surface area contributed by atoms with Crippen molar-refractivity contribution in [1.29, 1.82) is 0 Å². The Bertz CT molecular complexity index is 452. The van der Waals surface area contributed by atoms with Crippen LogP contribution in [0, 0.1) is 5.92 Å². The first-order valence-electron chi connectivity index (χ1n) is 6.39. The Balaban J connectivity index is 1.86. The minimum absolute atomic E-state index is 0.0669. The van der Waals surface area contributed by atoms with Crippen LogP contribution >= 0.6 is 0 Å². The molecule has 5 nitrogen and oxygen atoms in total. The van der Waals surface area contributed by atoms with Gasteiger partial charge < -0.3 is 15.4 Å². The summed E-state index contributed by atoms with van der Waals surface area (Å²) in [6.07, 6.45) is 1.96. The number of carbonyl (C=O) groups is 2. The predicted octanol–water partition coefficient (Wildman–Crippen LogP) is 1.41. The summed E-state index contributed by atoms with van der Waals surface area (Å²) in [5.41, 5.74) is 1.30. The molecule has 0 spiro atoms. The van der Waals surface area contributed by atoms with Crippen LogP contribution in [0.5, 0.6) is 0 Å². The van der Waals surface area contributed by atoms with Gasteiger partial charge in [0.05, 0.1) is 6.61 Å². The molecular weight excluding hydrogens is 244 g/mol. The number of benzene rings is 1. The number of anilines is 1. The summed E-state index contributed by atoms with van der Waals surface area (Å²) in [7, 11) is 1.59. The van der Waals surface area contributed by atoms with Crippen LogP contribution in [0.3, 0.4) is 0 Å². The third-order valence-electron chi connectivity index (χ3n) is 2.95. The van der Waals surface area contributed by atoms with E-state index in [1.54, 1.807) is 31.4 Å². The number of rotatable bonds is 6. The first-order valence-corrected chi connectivity index (χ1v) is 6.39. The number of hydrogen-bond acceptors (Lipinski definition) is 3. The van der Waals surface area contributed by atoms with Gasteiger partial charge >= 0.3 is 0 Å². The van der Waals surface area contributed by atoms with E-state index in [0.29, 0.717) is 18.7 Å². The lowest BCUT2D eigenvalue weighted by Gasteiger charge is -2.07. The molecule has 0 radical (unpaired) electrons. The zero-order valence-electron chi connectivity index (χ0n) is 10.9. The highest BCUT2D eigenvalue weighted by Gasteiger charge is 2.29. The molecule has 0 saturated heterocycles. The number of ether oxygens (including phenoxy) is 1. The molecule has 1 aromatic rings. The van der Waals surface area contributed by atoms with Gasteiger partial charge in [-0.3, -0.25) is 9.59 Å². The van der Waals surface area contributed by atoms with Crippen molar-refractivity contribution in [3.05, 3.63) is 29.8 Å². The molecule has 1 fully saturated rings. The first kappa shape index (κ1) is 13.5. The van der Waals surface area contributed by atoms with Gasteiger partial charge in [0.15, 0.2) is 0 Å². The van der Waals surface area contributed by atoms with E-state index in [1.165, 1.54) is 0 Å². The molecule has 19 heavy (non-hydrogen) atoms. The summed E-state index contributed by atoms with van der Waals surface area (Å²) in [5, 5.41) is 5.57. The van der Waals surface area contributed by atoms with Crippen LogP contribution in [0.1, 0.15) is 23.2 Å². The van der Waals surface area contributed by atoms with E-state index in [2.05, 4.69) is 10.6 Å². The molecule has 2 amide bonds. The van der Waals surface area contributed by atoms with Crippen molar-refractivity contribution in [3.8, 4) is 0 Å². The Morgan fingerprint density at radius 3 is 2.53 bits per heavy atom. The van der Waals surface area contributed by atoms with Crippen molar-refractivity contribution in [1.82, 2.24) is 5.32 Å². The fraction of sp³-hybridized carbons (Fsp3) is 0.429. The molecule has 0 aromatic heterocycles. The lowest BCUT2D eigenvalue weighted by atomic mass is 10.2. The van der Waals surface area contributed by atoms with E-state index < -0.39 is 0 Å². The van der Waals surface area contributed by atoms with Crippen molar-refractivity contribution >= 4 is 17.5 Å². The largest absolute Gasteiger partial charge is 0.383 e. The van der Waals surface area contributed by atoms with Crippen molar-refractivity contribution in [2.24, 2.45) is 5.92 Å². The molecule has 0 unspecified atom stereocenters. The SMILES string of the molecule is COCCNC(=O)c1ccc(NC(=O)C2CC2)cc1. The van der Waals surface area contributed by atoms with Crippen LogP contribution < -0.4 is 10.6 Å². The molecule has 5 heteroatoms. The molecule has 102 valence electrons. The molecule has 0 bridgehead atoms. The first-order chi connectivity index (χ1) is 9.20. The zero-order chi connectivity index (χ0) is 13.7. The molecule has 0 heterocycles. The highest BCUT2D eigenvalue weighted by Crippen LogP contribution is 2.30. The van der Waals surface area contributed by atoms with E-state index in [-0.39, 0.29) is 17.7 Å². The van der Waals surface area contributed by atoms with Crippen LogP contribution in [0.25, 0.3) is 0 Å². The maximum Gasteiger partial charge on any atom is 0.251 e. The van der Waals surface area contributed by atoms with E-state index in [4.69, 9.17) is 4.74 Å². The molecule has 0 aliphatic heterocycles.